The van der Waals surface area contributed by atoms with Crippen LogP contribution in [0, 0.1) is 5.92 Å². The summed E-state index contributed by atoms with van der Waals surface area (Å²) in [4.78, 5) is 15.3. The van der Waals surface area contributed by atoms with E-state index in [-0.39, 0.29) is 11.7 Å². The average molecular weight is 375 g/mol. The van der Waals surface area contributed by atoms with Crippen LogP contribution in [0.2, 0.25) is 0 Å². The number of likely N-dealkylation sites (tertiary alicyclic amines) is 1. The van der Waals surface area contributed by atoms with E-state index in [2.05, 4.69) is 16.2 Å². The number of aromatic nitrogens is 2. The number of methoxy groups -OCH3 is 1. The molecule has 144 valence electrons. The summed E-state index contributed by atoms with van der Waals surface area (Å²) in [5, 5.41) is 4.48. The third-order valence-electron chi connectivity index (χ3n) is 5.29. The number of nitrogens with zero attached hydrogens (tertiary/aromatic N) is 3. The minimum atomic E-state index is 0.0324. The fourth-order valence-electron chi connectivity index (χ4n) is 3.85. The van der Waals surface area contributed by atoms with Crippen LogP contribution in [0.5, 0.6) is 5.75 Å². The number of hydrogen-bond donors (Lipinski definition) is 0. The number of para-hydroxylation sites is 1. The van der Waals surface area contributed by atoms with E-state index >= 15 is 0 Å². The van der Waals surface area contributed by atoms with Crippen molar-refractivity contribution in [3.05, 3.63) is 78.1 Å². The summed E-state index contributed by atoms with van der Waals surface area (Å²) in [5.74, 6) is 0.973. The van der Waals surface area contributed by atoms with E-state index in [0.29, 0.717) is 0 Å². The van der Waals surface area contributed by atoms with Gasteiger partial charge in [0.1, 0.15) is 5.75 Å². The predicted octanol–water partition coefficient (Wildman–Crippen LogP) is 3.98. The number of hydrogen-bond acceptors (Lipinski definition) is 4. The van der Waals surface area contributed by atoms with Crippen molar-refractivity contribution in [3.63, 3.8) is 0 Å². The van der Waals surface area contributed by atoms with Gasteiger partial charge < -0.3 is 4.74 Å². The highest BCUT2D eigenvalue weighted by atomic mass is 16.5. The molecule has 1 unspecified atom stereocenters. The second-order valence-electron chi connectivity index (χ2n) is 7.30. The Labute approximate surface area is 165 Å². The summed E-state index contributed by atoms with van der Waals surface area (Å²) >= 11 is 0. The molecule has 5 nitrogen and oxygen atoms in total. The van der Waals surface area contributed by atoms with Crippen molar-refractivity contribution in [1.29, 1.82) is 0 Å². The molecule has 0 saturated carbocycles. The highest BCUT2D eigenvalue weighted by Crippen LogP contribution is 2.24. The van der Waals surface area contributed by atoms with Crippen LogP contribution in [-0.4, -0.2) is 40.7 Å². The molecule has 1 aliphatic rings. The zero-order valence-electron chi connectivity index (χ0n) is 16.1. The molecule has 1 aromatic heterocycles. The molecule has 2 aromatic carbocycles. The van der Waals surface area contributed by atoms with E-state index in [1.165, 1.54) is 5.56 Å². The van der Waals surface area contributed by atoms with Crippen LogP contribution in [0.1, 0.15) is 28.8 Å². The first-order valence-corrected chi connectivity index (χ1v) is 9.72. The Hall–Kier alpha value is -2.92. The number of ketones is 1. The van der Waals surface area contributed by atoms with Crippen LogP contribution in [0.25, 0.3) is 5.69 Å². The maximum atomic E-state index is 13.0. The quantitative estimate of drug-likeness (QED) is 0.612. The van der Waals surface area contributed by atoms with E-state index in [1.54, 1.807) is 7.11 Å². The molecule has 0 amide bonds. The highest BCUT2D eigenvalue weighted by molar-refractivity contribution is 5.98. The third-order valence-corrected chi connectivity index (χ3v) is 5.29. The summed E-state index contributed by atoms with van der Waals surface area (Å²) in [5.41, 5.74) is 2.96. The summed E-state index contributed by atoms with van der Waals surface area (Å²) in [6.07, 6.45) is 5.96. The van der Waals surface area contributed by atoms with Gasteiger partial charge in [0, 0.05) is 36.3 Å². The average Bonchev–Trinajstić information content (AvgIpc) is 3.22. The van der Waals surface area contributed by atoms with Crippen molar-refractivity contribution in [3.8, 4) is 11.4 Å². The predicted molar refractivity (Wildman–Crippen MR) is 109 cm³/mol. The molecule has 5 heteroatoms. The lowest BCUT2D eigenvalue weighted by molar-refractivity contribution is 0.0811. The number of piperidine rings is 1. The van der Waals surface area contributed by atoms with Crippen molar-refractivity contribution in [2.24, 2.45) is 5.92 Å². The maximum absolute atomic E-state index is 13.0. The van der Waals surface area contributed by atoms with E-state index in [4.69, 9.17) is 4.74 Å². The van der Waals surface area contributed by atoms with Crippen LogP contribution in [0.3, 0.4) is 0 Å². The van der Waals surface area contributed by atoms with Crippen molar-refractivity contribution >= 4 is 5.78 Å². The molecule has 0 aliphatic carbocycles. The smallest absolute Gasteiger partial charge is 0.167 e. The monoisotopic (exact) mass is 375 g/mol. The van der Waals surface area contributed by atoms with E-state index in [0.717, 1.165) is 49.5 Å². The molecule has 3 aromatic rings. The van der Waals surface area contributed by atoms with E-state index in [9.17, 15) is 4.79 Å². The zero-order chi connectivity index (χ0) is 19.3. The molecule has 1 saturated heterocycles. The first-order chi connectivity index (χ1) is 13.7. The number of Topliss-reactive ketones (excluding diaryl/α,β-unsaturated/α-hetero) is 1. The van der Waals surface area contributed by atoms with Crippen molar-refractivity contribution in [2.45, 2.75) is 19.4 Å². The fourth-order valence-corrected chi connectivity index (χ4v) is 3.85. The molecule has 1 fully saturated rings. The summed E-state index contributed by atoms with van der Waals surface area (Å²) < 4.78 is 7.16. The van der Waals surface area contributed by atoms with Gasteiger partial charge in [-0.05, 0) is 43.7 Å². The fraction of sp³-hybridized carbons (Fsp3) is 0.304. The van der Waals surface area contributed by atoms with Gasteiger partial charge in [0.2, 0.25) is 0 Å². The van der Waals surface area contributed by atoms with Crippen LogP contribution in [0.4, 0.5) is 0 Å². The molecule has 1 atom stereocenters. The minimum absolute atomic E-state index is 0.0324. The van der Waals surface area contributed by atoms with Crippen molar-refractivity contribution < 1.29 is 9.53 Å². The molecule has 0 bridgehead atoms. The molecule has 0 radical (unpaired) electrons. The molecule has 0 N–H and O–H groups in total. The van der Waals surface area contributed by atoms with Crippen LogP contribution in [0.15, 0.2) is 67.0 Å². The Morgan fingerprint density at radius 3 is 2.86 bits per heavy atom. The molecule has 1 aliphatic heterocycles. The SMILES string of the molecule is COc1cccc(C(=O)C2CCCN(Cc3cnn(-c4ccccc4)c3)C2)c1. The van der Waals surface area contributed by atoms with Gasteiger partial charge >= 0.3 is 0 Å². The van der Waals surface area contributed by atoms with Gasteiger partial charge in [-0.25, -0.2) is 4.68 Å². The van der Waals surface area contributed by atoms with Crippen LogP contribution >= 0.6 is 0 Å². The molecular weight excluding hydrogens is 350 g/mol. The summed E-state index contributed by atoms with van der Waals surface area (Å²) in [6.45, 7) is 2.61. The molecule has 28 heavy (non-hydrogen) atoms. The van der Waals surface area contributed by atoms with Gasteiger partial charge in [-0.3, -0.25) is 9.69 Å². The topological polar surface area (TPSA) is 47.4 Å². The molecular formula is C23H25N3O2. The molecule has 0 spiro atoms. The Morgan fingerprint density at radius 2 is 2.04 bits per heavy atom. The van der Waals surface area contributed by atoms with Gasteiger partial charge in [0.05, 0.1) is 19.0 Å². The van der Waals surface area contributed by atoms with Gasteiger partial charge in [-0.1, -0.05) is 30.3 Å². The standard InChI is InChI=1S/C23H25N3O2/c1-28-22-11-5-7-19(13-22)23(27)20-8-6-12-25(17-20)15-18-14-24-26(16-18)21-9-3-2-4-10-21/h2-5,7,9-11,13-14,16,20H,6,8,12,15,17H2,1H3. The van der Waals surface area contributed by atoms with Gasteiger partial charge in [-0.15, -0.1) is 0 Å². The van der Waals surface area contributed by atoms with E-state index in [1.807, 2.05) is 65.5 Å². The summed E-state index contributed by atoms with van der Waals surface area (Å²) in [6, 6.07) is 17.6. The van der Waals surface area contributed by atoms with Crippen LogP contribution < -0.4 is 4.74 Å². The van der Waals surface area contributed by atoms with Gasteiger partial charge in [-0.2, -0.15) is 5.10 Å². The number of ether oxygens (including phenoxy) is 1. The largest absolute Gasteiger partial charge is 0.497 e. The maximum Gasteiger partial charge on any atom is 0.167 e. The van der Waals surface area contributed by atoms with Gasteiger partial charge in [0.15, 0.2) is 5.78 Å². The normalized spacial score (nSPS) is 17.4. The van der Waals surface area contributed by atoms with Crippen molar-refractivity contribution in [1.82, 2.24) is 14.7 Å². The summed E-state index contributed by atoms with van der Waals surface area (Å²) in [7, 11) is 1.63. The number of rotatable bonds is 6. The van der Waals surface area contributed by atoms with Crippen LogP contribution in [-0.2, 0) is 6.54 Å². The number of carbonyl (C=O) groups excluding carboxylic acids is 1. The minimum Gasteiger partial charge on any atom is -0.497 e. The first-order valence-electron chi connectivity index (χ1n) is 9.72. The first kappa shape index (κ1) is 18.4. The van der Waals surface area contributed by atoms with Crippen molar-refractivity contribution in [2.75, 3.05) is 20.2 Å². The highest BCUT2D eigenvalue weighted by Gasteiger charge is 2.27. The second kappa shape index (κ2) is 8.40. The zero-order valence-corrected chi connectivity index (χ0v) is 16.1. The lowest BCUT2D eigenvalue weighted by Gasteiger charge is -2.31. The Bertz CT molecular complexity index is 936. The van der Waals surface area contributed by atoms with E-state index < -0.39 is 0 Å². The Morgan fingerprint density at radius 1 is 1.18 bits per heavy atom. The second-order valence-corrected chi connectivity index (χ2v) is 7.30. The lowest BCUT2D eigenvalue weighted by Crippen LogP contribution is -2.38. The Balaban J connectivity index is 1.41. The Kier molecular flexibility index (Phi) is 5.53. The number of carbonyl (C=O) groups is 1. The van der Waals surface area contributed by atoms with Gasteiger partial charge in [0.25, 0.3) is 0 Å². The number of benzene rings is 2. The molecule has 4 rings (SSSR count). The third kappa shape index (κ3) is 4.15. The molecule has 2 heterocycles. The lowest BCUT2D eigenvalue weighted by atomic mass is 9.90.